The summed E-state index contributed by atoms with van der Waals surface area (Å²) in [7, 11) is -3.20. The van der Waals surface area contributed by atoms with Crippen LogP contribution in [0.1, 0.15) is 13.8 Å². The Balaban J connectivity index is 2.44. The molecule has 26 heavy (non-hydrogen) atoms. The quantitative estimate of drug-likeness (QED) is 0.673. The lowest BCUT2D eigenvalue weighted by Gasteiger charge is -2.10. The number of sulfonamides is 1. The van der Waals surface area contributed by atoms with E-state index in [9.17, 15) is 22.8 Å². The Morgan fingerprint density at radius 1 is 1.46 bits per heavy atom. The van der Waals surface area contributed by atoms with Crippen LogP contribution in [-0.2, 0) is 26.6 Å². The molecule has 1 aromatic rings. The smallest absolute Gasteiger partial charge is 0.360 e. The van der Waals surface area contributed by atoms with Gasteiger partial charge in [0.15, 0.2) is 10.3 Å². The minimum atomic E-state index is -4.43. The Bertz CT molecular complexity index is 1040. The molecule has 0 fully saturated rings. The molecule has 0 saturated carbocycles. The molecule has 0 spiro atoms. The highest BCUT2D eigenvalue weighted by atomic mass is 32.2. The van der Waals surface area contributed by atoms with Crippen LogP contribution in [0.15, 0.2) is 25.8 Å². The molecule has 0 radical (unpaired) electrons. The van der Waals surface area contributed by atoms with Gasteiger partial charge in [-0.25, -0.2) is 32.1 Å². The van der Waals surface area contributed by atoms with Gasteiger partial charge < -0.3 is 9.47 Å². The summed E-state index contributed by atoms with van der Waals surface area (Å²) >= 11 is 0. The van der Waals surface area contributed by atoms with Crippen LogP contribution in [0.3, 0.4) is 0 Å². The predicted molar refractivity (Wildman–Crippen MR) is 92.6 cm³/mol. The van der Waals surface area contributed by atoms with Gasteiger partial charge in [-0.3, -0.25) is 0 Å². The van der Waals surface area contributed by atoms with Crippen LogP contribution in [0.25, 0.3) is 0 Å². The molecule has 1 N–H and O–H groups in total. The first-order chi connectivity index (χ1) is 12.2. The van der Waals surface area contributed by atoms with Crippen molar-refractivity contribution in [1.29, 1.82) is 0 Å². The van der Waals surface area contributed by atoms with Gasteiger partial charge >= 0.3 is 17.7 Å². The third kappa shape index (κ3) is 3.36. The van der Waals surface area contributed by atoms with E-state index in [1.54, 1.807) is 16.9 Å². The van der Waals surface area contributed by atoms with Gasteiger partial charge in [-0.2, -0.15) is 0 Å². The zero-order valence-corrected chi connectivity index (χ0v) is 15.9. The number of carbonyl (C=O) groups is 1. The summed E-state index contributed by atoms with van der Waals surface area (Å²) in [5.74, 6) is 0. The Morgan fingerprint density at radius 3 is 2.65 bits per heavy atom. The number of carbonyl (C=O) groups excluding carboxylic acids is 2. The van der Waals surface area contributed by atoms with Crippen molar-refractivity contribution >= 4 is 31.8 Å². The highest BCUT2D eigenvalue weighted by Gasteiger charge is 2.33. The summed E-state index contributed by atoms with van der Waals surface area (Å²) in [6, 6.07) is -1.44. The lowest BCUT2D eigenvalue weighted by atomic mass is 10.3. The van der Waals surface area contributed by atoms with Crippen molar-refractivity contribution in [2.24, 2.45) is 7.05 Å². The number of nitrogens with one attached hydrogen (secondary N) is 1. The number of methoxy groups -OCH3 is 1. The molecular weight excluding hydrogens is 388 g/mol. The summed E-state index contributed by atoms with van der Waals surface area (Å²) < 4.78 is 38.2. The highest BCUT2D eigenvalue weighted by molar-refractivity contribution is 8.21. The van der Waals surface area contributed by atoms with E-state index in [1.165, 1.54) is 26.5 Å². The van der Waals surface area contributed by atoms with Crippen molar-refractivity contribution in [3.8, 4) is 6.01 Å². The van der Waals surface area contributed by atoms with E-state index in [0.29, 0.717) is 4.68 Å². The summed E-state index contributed by atoms with van der Waals surface area (Å²) in [6.07, 6.45) is 0. The molecule has 1 aliphatic heterocycles. The van der Waals surface area contributed by atoms with Gasteiger partial charge in [0.25, 0.3) is 10.0 Å². The van der Waals surface area contributed by atoms with E-state index in [2.05, 4.69) is 5.10 Å². The molecule has 1 aromatic heterocycles. The number of nitrogens with zero attached hydrogens (tertiary/aromatic N) is 3. The van der Waals surface area contributed by atoms with Crippen LogP contribution in [0, 0.1) is 0 Å². The zero-order chi connectivity index (χ0) is 19.6. The second kappa shape index (κ2) is 7.32. The first-order valence-corrected chi connectivity index (χ1v) is 9.89. The molecule has 142 valence electrons. The molecule has 1 amide bonds. The fourth-order valence-corrected chi connectivity index (χ4v) is 5.25. The first kappa shape index (κ1) is 19.7. The fourth-order valence-electron chi connectivity index (χ4n) is 2.13. The van der Waals surface area contributed by atoms with Crippen LogP contribution in [0.4, 0.5) is 4.79 Å². The third-order valence-corrected chi connectivity index (χ3v) is 6.37. The van der Waals surface area contributed by atoms with Gasteiger partial charge in [0.1, 0.15) is 4.91 Å². The number of rotatable bonds is 5. The summed E-state index contributed by atoms with van der Waals surface area (Å²) in [4.78, 5) is 34.9. The molecule has 13 heteroatoms. The number of hydrogen-bond acceptors (Lipinski definition) is 8. The average molecular weight is 404 g/mol. The molecule has 2 heterocycles. The first-order valence-electron chi connectivity index (χ1n) is 7.11. The standard InChI is InChI=1S/C13H16N4O7S2/c1-5-24-12-14-17(13(20)16(12)3)11(19)15-26(21,22)9-8(2)6-25(7-18)10(9)23-4/h6H,5H2,1-4H3,(H,15,19). The number of aromatic nitrogens is 3. The van der Waals surface area contributed by atoms with Crippen LogP contribution >= 0.6 is 10.5 Å². The topological polar surface area (TPSA) is 139 Å². The SMILES string of the molecule is CCOc1nn(C(=O)NS(=O)(=O)C2=C(OC)S(=C=O)C=C2C)c(=O)n1C. The molecule has 0 aromatic carbocycles. The molecular formula is C13H16N4O7S2. The number of hydrogen-bond donors (Lipinski definition) is 1. The zero-order valence-electron chi connectivity index (χ0n) is 14.3. The van der Waals surface area contributed by atoms with Crippen LogP contribution in [0.2, 0.25) is 0 Å². The Morgan fingerprint density at radius 2 is 2.12 bits per heavy atom. The summed E-state index contributed by atoms with van der Waals surface area (Å²) in [5, 5.41) is 6.54. The molecule has 11 nitrogen and oxygen atoms in total. The van der Waals surface area contributed by atoms with Crippen LogP contribution in [-0.4, -0.2) is 47.7 Å². The Labute approximate surface area is 150 Å². The van der Waals surface area contributed by atoms with Gasteiger partial charge in [-0.05, 0) is 35.3 Å². The van der Waals surface area contributed by atoms with E-state index >= 15 is 0 Å². The van der Waals surface area contributed by atoms with Gasteiger partial charge in [0.05, 0.1) is 13.7 Å². The van der Waals surface area contributed by atoms with E-state index in [4.69, 9.17) is 9.47 Å². The minimum Gasteiger partial charge on any atom is -0.489 e. The maximum atomic E-state index is 12.6. The van der Waals surface area contributed by atoms with Crippen LogP contribution < -0.4 is 15.1 Å². The van der Waals surface area contributed by atoms with Crippen molar-refractivity contribution in [3.05, 3.63) is 31.5 Å². The molecule has 0 saturated heterocycles. The highest BCUT2D eigenvalue weighted by Crippen LogP contribution is 2.41. The van der Waals surface area contributed by atoms with Crippen molar-refractivity contribution in [1.82, 2.24) is 19.1 Å². The molecule has 2 rings (SSSR count). The second-order valence-corrected chi connectivity index (χ2v) is 7.99. The largest absolute Gasteiger partial charge is 0.489 e. The molecule has 1 atom stereocenters. The van der Waals surface area contributed by atoms with Crippen molar-refractivity contribution < 1.29 is 27.5 Å². The number of allylic oxidation sites excluding steroid dienone is 1. The van der Waals surface area contributed by atoms with Crippen molar-refractivity contribution in [2.75, 3.05) is 13.7 Å². The van der Waals surface area contributed by atoms with Crippen molar-refractivity contribution in [3.63, 3.8) is 0 Å². The van der Waals surface area contributed by atoms with E-state index < -0.39 is 32.2 Å². The molecule has 0 aliphatic carbocycles. The second-order valence-electron chi connectivity index (χ2n) is 4.92. The molecule has 0 bridgehead atoms. The van der Waals surface area contributed by atoms with E-state index in [0.717, 1.165) is 4.57 Å². The van der Waals surface area contributed by atoms with Gasteiger partial charge in [-0.1, -0.05) is 0 Å². The number of ether oxygens (including phenoxy) is 2. The van der Waals surface area contributed by atoms with Gasteiger partial charge in [0, 0.05) is 7.05 Å². The normalized spacial score (nSPS) is 16.9. The molecule has 1 unspecified atom stereocenters. The van der Waals surface area contributed by atoms with Gasteiger partial charge in [0.2, 0.25) is 0 Å². The summed E-state index contributed by atoms with van der Waals surface area (Å²) in [5.41, 5.74) is -0.668. The lowest BCUT2D eigenvalue weighted by molar-refractivity contribution is 0.242. The average Bonchev–Trinajstić information content (AvgIpc) is 3.06. The van der Waals surface area contributed by atoms with E-state index in [1.807, 2.05) is 0 Å². The minimum absolute atomic E-state index is 0.138. The fraction of sp³-hybridized carbons (Fsp3) is 0.385. The van der Waals surface area contributed by atoms with Crippen LogP contribution in [0.5, 0.6) is 6.01 Å². The lowest BCUT2D eigenvalue weighted by Crippen LogP contribution is -2.41. The Kier molecular flexibility index (Phi) is 5.54. The van der Waals surface area contributed by atoms with E-state index in [-0.39, 0.29) is 28.2 Å². The summed E-state index contributed by atoms with van der Waals surface area (Å²) in [6.45, 7) is 3.30. The Hall–Kier alpha value is -2.63. The van der Waals surface area contributed by atoms with Gasteiger partial charge in [-0.15, -0.1) is 9.78 Å². The monoisotopic (exact) mass is 404 g/mol. The predicted octanol–water partition coefficient (Wildman–Crippen LogP) is -0.0630. The maximum Gasteiger partial charge on any atom is 0.360 e. The molecule has 1 aliphatic rings. The van der Waals surface area contributed by atoms with Crippen molar-refractivity contribution in [2.45, 2.75) is 13.8 Å². The third-order valence-electron chi connectivity index (χ3n) is 3.21. The number of amides is 1. The maximum absolute atomic E-state index is 12.6.